The van der Waals surface area contributed by atoms with E-state index in [0.717, 1.165) is 16.7 Å². The van der Waals surface area contributed by atoms with Gasteiger partial charge >= 0.3 is 0 Å². The van der Waals surface area contributed by atoms with Gasteiger partial charge in [0.15, 0.2) is 5.43 Å². The first-order valence-corrected chi connectivity index (χ1v) is 10.1. The second-order valence-corrected chi connectivity index (χ2v) is 7.86. The maximum atomic E-state index is 13.6. The van der Waals surface area contributed by atoms with E-state index in [0.29, 0.717) is 28.0 Å². The van der Waals surface area contributed by atoms with E-state index in [2.05, 4.69) is 0 Å². The number of aryl methyl sites for hydroxylation is 2. The van der Waals surface area contributed by atoms with Gasteiger partial charge in [-0.15, -0.1) is 0 Å². The summed E-state index contributed by atoms with van der Waals surface area (Å²) >= 11 is 0. The third kappa shape index (κ3) is 3.01. The van der Waals surface area contributed by atoms with Gasteiger partial charge in [0.1, 0.15) is 11.3 Å². The highest BCUT2D eigenvalue weighted by Crippen LogP contribution is 2.42. The lowest BCUT2D eigenvalue weighted by molar-refractivity contribution is 0.0971. The SMILES string of the molecule is COc1cccc(N2C(=O)c3oc4ccc(C)cc4c(=O)c3C2c2ccc(C)cc2)c1. The van der Waals surface area contributed by atoms with Crippen LogP contribution in [0.15, 0.2) is 75.9 Å². The fraction of sp³-hybridized carbons (Fsp3) is 0.154. The van der Waals surface area contributed by atoms with Crippen LogP contribution in [-0.2, 0) is 0 Å². The summed E-state index contributed by atoms with van der Waals surface area (Å²) in [6, 6.07) is 20.0. The quantitative estimate of drug-likeness (QED) is 0.467. The number of carbonyl (C=O) groups excluding carboxylic acids is 1. The molecule has 1 unspecified atom stereocenters. The summed E-state index contributed by atoms with van der Waals surface area (Å²) in [5.74, 6) is 0.382. The number of carbonyl (C=O) groups is 1. The van der Waals surface area contributed by atoms with E-state index in [-0.39, 0.29) is 17.1 Å². The third-order valence-corrected chi connectivity index (χ3v) is 5.75. The molecule has 0 saturated heterocycles. The summed E-state index contributed by atoms with van der Waals surface area (Å²) in [5, 5.41) is 0.483. The van der Waals surface area contributed by atoms with Crippen LogP contribution in [0.25, 0.3) is 11.0 Å². The maximum Gasteiger partial charge on any atom is 0.295 e. The number of nitrogens with zero attached hydrogens (tertiary/aromatic N) is 1. The predicted molar refractivity (Wildman–Crippen MR) is 120 cm³/mol. The van der Waals surface area contributed by atoms with Crippen LogP contribution in [0.1, 0.15) is 38.9 Å². The lowest BCUT2D eigenvalue weighted by atomic mass is 9.97. The number of ether oxygens (including phenoxy) is 1. The van der Waals surface area contributed by atoms with Crippen LogP contribution in [-0.4, -0.2) is 13.0 Å². The van der Waals surface area contributed by atoms with Crippen molar-refractivity contribution >= 4 is 22.6 Å². The summed E-state index contributed by atoms with van der Waals surface area (Å²) in [6.45, 7) is 3.93. The molecule has 0 radical (unpaired) electrons. The zero-order chi connectivity index (χ0) is 21.7. The molecule has 1 aliphatic heterocycles. The largest absolute Gasteiger partial charge is 0.497 e. The van der Waals surface area contributed by atoms with E-state index < -0.39 is 6.04 Å². The van der Waals surface area contributed by atoms with Crippen molar-refractivity contribution in [1.82, 2.24) is 0 Å². The molecule has 31 heavy (non-hydrogen) atoms. The first-order valence-electron chi connectivity index (χ1n) is 10.1. The van der Waals surface area contributed by atoms with Gasteiger partial charge in [-0.2, -0.15) is 0 Å². The zero-order valence-corrected chi connectivity index (χ0v) is 17.5. The molecule has 0 bridgehead atoms. The van der Waals surface area contributed by atoms with Gasteiger partial charge < -0.3 is 9.15 Å². The van der Waals surface area contributed by atoms with Gasteiger partial charge in [-0.05, 0) is 43.7 Å². The second kappa shape index (κ2) is 7.13. The molecule has 1 aliphatic rings. The summed E-state index contributed by atoms with van der Waals surface area (Å²) < 4.78 is 11.4. The maximum absolute atomic E-state index is 13.6. The Kier molecular flexibility index (Phi) is 4.40. The second-order valence-electron chi connectivity index (χ2n) is 7.86. The highest BCUT2D eigenvalue weighted by Gasteiger charge is 2.43. The molecule has 5 heteroatoms. The number of hydrogen-bond acceptors (Lipinski definition) is 4. The van der Waals surface area contributed by atoms with Crippen LogP contribution in [0, 0.1) is 13.8 Å². The molecule has 0 fully saturated rings. The van der Waals surface area contributed by atoms with Crippen LogP contribution >= 0.6 is 0 Å². The first-order chi connectivity index (χ1) is 15.0. The van der Waals surface area contributed by atoms with Crippen LogP contribution in [0.5, 0.6) is 5.75 Å². The highest BCUT2D eigenvalue weighted by atomic mass is 16.5. The zero-order valence-electron chi connectivity index (χ0n) is 17.5. The van der Waals surface area contributed by atoms with E-state index in [1.54, 1.807) is 24.1 Å². The molecule has 1 aromatic heterocycles. The molecule has 0 spiro atoms. The summed E-state index contributed by atoms with van der Waals surface area (Å²) in [6.07, 6.45) is 0. The molecule has 0 saturated carbocycles. The third-order valence-electron chi connectivity index (χ3n) is 5.75. The number of amides is 1. The standard InChI is InChI=1S/C26H21NO4/c1-15-7-10-17(11-8-15)23-22-24(28)20-13-16(2)9-12-21(20)31-25(22)26(29)27(23)18-5-4-6-19(14-18)30-3/h4-14,23H,1-3H3. The Morgan fingerprint density at radius 3 is 2.39 bits per heavy atom. The van der Waals surface area contributed by atoms with E-state index >= 15 is 0 Å². The average molecular weight is 411 g/mol. The Labute approximate surface area is 179 Å². The van der Waals surface area contributed by atoms with Crippen molar-refractivity contribution in [3.05, 3.63) is 105 Å². The van der Waals surface area contributed by atoms with Gasteiger partial charge in [0.25, 0.3) is 5.91 Å². The van der Waals surface area contributed by atoms with E-state index in [1.807, 2.05) is 68.4 Å². The molecule has 0 aliphatic carbocycles. The van der Waals surface area contributed by atoms with E-state index in [1.165, 1.54) is 0 Å². The summed E-state index contributed by atoms with van der Waals surface area (Å²) in [7, 11) is 1.58. The molecule has 154 valence electrons. The van der Waals surface area contributed by atoms with Crippen molar-refractivity contribution in [1.29, 1.82) is 0 Å². The van der Waals surface area contributed by atoms with Crippen molar-refractivity contribution in [3.63, 3.8) is 0 Å². The molecule has 5 rings (SSSR count). The number of methoxy groups -OCH3 is 1. The molecular weight excluding hydrogens is 390 g/mol. The number of benzene rings is 3. The molecule has 4 aromatic rings. The smallest absolute Gasteiger partial charge is 0.295 e. The predicted octanol–water partition coefficient (Wildman–Crippen LogP) is 5.17. The van der Waals surface area contributed by atoms with Crippen molar-refractivity contribution < 1.29 is 13.9 Å². The Balaban J connectivity index is 1.81. The van der Waals surface area contributed by atoms with Gasteiger partial charge in [-0.1, -0.05) is 47.5 Å². The topological polar surface area (TPSA) is 59.8 Å². The monoisotopic (exact) mass is 411 g/mol. The fourth-order valence-corrected chi connectivity index (χ4v) is 4.18. The Morgan fingerprint density at radius 1 is 0.903 bits per heavy atom. The lowest BCUT2D eigenvalue weighted by Crippen LogP contribution is -2.29. The number of hydrogen-bond donors (Lipinski definition) is 0. The molecule has 1 atom stereocenters. The highest BCUT2D eigenvalue weighted by molar-refractivity contribution is 6.10. The van der Waals surface area contributed by atoms with Crippen molar-refractivity contribution in [2.24, 2.45) is 0 Å². The van der Waals surface area contributed by atoms with Gasteiger partial charge in [0.05, 0.1) is 24.1 Å². The van der Waals surface area contributed by atoms with Crippen LogP contribution < -0.4 is 15.1 Å². The Hall–Kier alpha value is -3.86. The molecule has 5 nitrogen and oxygen atoms in total. The van der Waals surface area contributed by atoms with Crippen molar-refractivity contribution in [2.45, 2.75) is 19.9 Å². The number of anilines is 1. The average Bonchev–Trinajstić information content (AvgIpc) is 3.07. The van der Waals surface area contributed by atoms with E-state index in [9.17, 15) is 9.59 Å². The molecule has 0 N–H and O–H groups in total. The summed E-state index contributed by atoms with van der Waals surface area (Å²) in [5.41, 5.74) is 4.15. The van der Waals surface area contributed by atoms with Crippen LogP contribution in [0.4, 0.5) is 5.69 Å². The lowest BCUT2D eigenvalue weighted by Gasteiger charge is -2.25. The Bertz CT molecular complexity index is 1390. The molecule has 2 heterocycles. The number of fused-ring (bicyclic) bond motifs is 2. The van der Waals surface area contributed by atoms with E-state index in [4.69, 9.17) is 9.15 Å². The normalized spacial score (nSPS) is 15.4. The minimum absolute atomic E-state index is 0.0924. The summed E-state index contributed by atoms with van der Waals surface area (Å²) in [4.78, 5) is 28.8. The molecule has 1 amide bonds. The van der Waals surface area contributed by atoms with Gasteiger partial charge in [-0.25, -0.2) is 0 Å². The minimum atomic E-state index is -0.587. The van der Waals surface area contributed by atoms with Gasteiger partial charge in [0.2, 0.25) is 5.76 Å². The molecular formula is C26H21NO4. The minimum Gasteiger partial charge on any atom is -0.497 e. The Morgan fingerprint density at radius 2 is 1.65 bits per heavy atom. The fourth-order valence-electron chi connectivity index (χ4n) is 4.18. The number of rotatable bonds is 3. The van der Waals surface area contributed by atoms with Crippen molar-refractivity contribution in [3.8, 4) is 5.75 Å². The van der Waals surface area contributed by atoms with Gasteiger partial charge in [-0.3, -0.25) is 14.5 Å². The van der Waals surface area contributed by atoms with Crippen LogP contribution in [0.2, 0.25) is 0 Å². The van der Waals surface area contributed by atoms with Gasteiger partial charge in [0, 0.05) is 11.8 Å². The molecule has 3 aromatic carbocycles. The first kappa shape index (κ1) is 19.1. The van der Waals surface area contributed by atoms with Crippen LogP contribution in [0.3, 0.4) is 0 Å². The van der Waals surface area contributed by atoms with Crippen molar-refractivity contribution in [2.75, 3.05) is 12.0 Å².